The molecule has 0 aromatic heterocycles. The molecule has 3 amide bonds. The number of rotatable bonds is 7. The van der Waals surface area contributed by atoms with E-state index in [2.05, 4.69) is 28.1 Å². The van der Waals surface area contributed by atoms with Crippen LogP contribution in [0.5, 0.6) is 0 Å². The molecule has 2 aromatic rings. The van der Waals surface area contributed by atoms with Gasteiger partial charge in [-0.05, 0) is 74.3 Å². The van der Waals surface area contributed by atoms with Crippen LogP contribution in [0.4, 0.5) is 10.5 Å². The van der Waals surface area contributed by atoms with Gasteiger partial charge in [0.2, 0.25) is 0 Å². The average molecular weight is 380 g/mol. The van der Waals surface area contributed by atoms with Gasteiger partial charge in [0.15, 0.2) is 0 Å². The summed E-state index contributed by atoms with van der Waals surface area (Å²) >= 11 is 0. The van der Waals surface area contributed by atoms with Gasteiger partial charge in [-0.3, -0.25) is 4.79 Å². The highest BCUT2D eigenvalue weighted by Gasteiger charge is 2.12. The standard InChI is InChI=1S/C22H28N4O2/c1-26(2)12-11-23-21(27)19-8-3-5-16(13-19)15-24-22(28)25-20-10-9-17-6-4-7-18(17)14-20/h3,5,8-10,13-14H,4,6-7,11-12,15H2,1-2H3,(H,23,27)(H2,24,25,28). The first-order chi connectivity index (χ1) is 13.5. The van der Waals surface area contributed by atoms with E-state index in [-0.39, 0.29) is 11.9 Å². The van der Waals surface area contributed by atoms with Gasteiger partial charge in [-0.1, -0.05) is 18.2 Å². The molecule has 0 bridgehead atoms. The Morgan fingerprint density at radius 3 is 2.64 bits per heavy atom. The van der Waals surface area contributed by atoms with E-state index in [1.165, 1.54) is 17.5 Å². The van der Waals surface area contributed by atoms with Crippen molar-refractivity contribution in [3.63, 3.8) is 0 Å². The van der Waals surface area contributed by atoms with Crippen LogP contribution in [0.25, 0.3) is 0 Å². The minimum Gasteiger partial charge on any atom is -0.351 e. The first-order valence-electron chi connectivity index (χ1n) is 9.70. The zero-order valence-electron chi connectivity index (χ0n) is 16.5. The minimum atomic E-state index is -0.251. The molecule has 0 atom stereocenters. The third-order valence-corrected chi connectivity index (χ3v) is 4.84. The number of carbonyl (C=O) groups is 2. The zero-order valence-corrected chi connectivity index (χ0v) is 16.5. The number of carbonyl (C=O) groups excluding carboxylic acids is 2. The number of likely N-dealkylation sites (N-methyl/N-ethyl adjacent to an activating group) is 1. The van der Waals surface area contributed by atoms with Crippen molar-refractivity contribution in [2.24, 2.45) is 0 Å². The Labute approximate surface area is 166 Å². The number of aryl methyl sites for hydroxylation is 2. The molecule has 0 fully saturated rings. The van der Waals surface area contributed by atoms with Crippen molar-refractivity contribution < 1.29 is 9.59 Å². The third-order valence-electron chi connectivity index (χ3n) is 4.84. The summed E-state index contributed by atoms with van der Waals surface area (Å²) in [7, 11) is 3.93. The highest BCUT2D eigenvalue weighted by atomic mass is 16.2. The average Bonchev–Trinajstić information content (AvgIpc) is 3.14. The third kappa shape index (κ3) is 5.57. The molecule has 28 heavy (non-hydrogen) atoms. The Morgan fingerprint density at radius 2 is 1.82 bits per heavy atom. The van der Waals surface area contributed by atoms with Crippen LogP contribution < -0.4 is 16.0 Å². The molecule has 2 aromatic carbocycles. The number of urea groups is 1. The maximum Gasteiger partial charge on any atom is 0.319 e. The van der Waals surface area contributed by atoms with Gasteiger partial charge in [0.25, 0.3) is 5.91 Å². The summed E-state index contributed by atoms with van der Waals surface area (Å²) in [5.41, 5.74) is 4.99. The second-order valence-electron chi connectivity index (χ2n) is 7.40. The Hall–Kier alpha value is -2.86. The zero-order chi connectivity index (χ0) is 19.9. The van der Waals surface area contributed by atoms with Crippen LogP contribution in [0, 0.1) is 0 Å². The van der Waals surface area contributed by atoms with Crippen LogP contribution >= 0.6 is 0 Å². The molecule has 3 rings (SSSR count). The number of nitrogens with one attached hydrogen (secondary N) is 3. The second kappa shape index (κ2) is 9.37. The van der Waals surface area contributed by atoms with Crippen molar-refractivity contribution in [2.45, 2.75) is 25.8 Å². The molecule has 0 spiro atoms. The van der Waals surface area contributed by atoms with Crippen molar-refractivity contribution >= 4 is 17.6 Å². The van der Waals surface area contributed by atoms with Gasteiger partial charge in [0, 0.05) is 30.9 Å². The van der Waals surface area contributed by atoms with Gasteiger partial charge in [-0.15, -0.1) is 0 Å². The van der Waals surface area contributed by atoms with Crippen molar-refractivity contribution in [2.75, 3.05) is 32.5 Å². The maximum atomic E-state index is 12.2. The van der Waals surface area contributed by atoms with Crippen LogP contribution in [0.1, 0.15) is 33.5 Å². The Bertz CT molecular complexity index is 848. The van der Waals surface area contributed by atoms with Gasteiger partial charge < -0.3 is 20.9 Å². The summed E-state index contributed by atoms with van der Waals surface area (Å²) in [5.74, 6) is -0.105. The molecule has 6 heteroatoms. The van der Waals surface area contributed by atoms with E-state index in [4.69, 9.17) is 0 Å². The van der Waals surface area contributed by atoms with Crippen LogP contribution in [0.3, 0.4) is 0 Å². The van der Waals surface area contributed by atoms with Gasteiger partial charge in [0.05, 0.1) is 0 Å². The lowest BCUT2D eigenvalue weighted by atomic mass is 10.1. The van der Waals surface area contributed by atoms with Crippen LogP contribution in [-0.2, 0) is 19.4 Å². The molecule has 0 unspecified atom stereocenters. The van der Waals surface area contributed by atoms with Crippen molar-refractivity contribution in [1.29, 1.82) is 0 Å². The van der Waals surface area contributed by atoms with E-state index in [0.29, 0.717) is 18.7 Å². The minimum absolute atomic E-state index is 0.105. The number of amides is 3. The van der Waals surface area contributed by atoms with E-state index in [1.54, 1.807) is 12.1 Å². The number of hydrogen-bond donors (Lipinski definition) is 3. The first-order valence-corrected chi connectivity index (χ1v) is 9.70. The number of nitrogens with zero attached hydrogens (tertiary/aromatic N) is 1. The Kier molecular flexibility index (Phi) is 6.66. The smallest absolute Gasteiger partial charge is 0.319 e. The summed E-state index contributed by atoms with van der Waals surface area (Å²) < 4.78 is 0. The van der Waals surface area contributed by atoms with Gasteiger partial charge in [0.1, 0.15) is 0 Å². The van der Waals surface area contributed by atoms with Crippen molar-refractivity contribution in [3.05, 3.63) is 64.7 Å². The predicted molar refractivity (Wildman–Crippen MR) is 112 cm³/mol. The summed E-state index contributed by atoms with van der Waals surface area (Å²) in [5, 5.41) is 8.63. The summed E-state index contributed by atoms with van der Waals surface area (Å²) in [6, 6.07) is 13.2. The lowest BCUT2D eigenvalue weighted by Crippen LogP contribution is -2.31. The van der Waals surface area contributed by atoms with Crippen LogP contribution in [0.2, 0.25) is 0 Å². The van der Waals surface area contributed by atoms with E-state index in [9.17, 15) is 9.59 Å². The molecule has 148 valence electrons. The van der Waals surface area contributed by atoms with Gasteiger partial charge >= 0.3 is 6.03 Å². The fraction of sp³-hybridized carbons (Fsp3) is 0.364. The predicted octanol–water partition coefficient (Wildman–Crippen LogP) is 2.79. The normalized spacial score (nSPS) is 12.5. The molecule has 0 saturated carbocycles. The SMILES string of the molecule is CN(C)CCNC(=O)c1cccc(CNC(=O)Nc2ccc3c(c2)CCC3)c1. The fourth-order valence-electron chi connectivity index (χ4n) is 3.32. The molecule has 0 aliphatic heterocycles. The topological polar surface area (TPSA) is 73.5 Å². The fourth-order valence-corrected chi connectivity index (χ4v) is 3.32. The van der Waals surface area contributed by atoms with E-state index in [0.717, 1.165) is 30.6 Å². The molecule has 6 nitrogen and oxygen atoms in total. The number of fused-ring (bicyclic) bond motifs is 1. The van der Waals surface area contributed by atoms with Crippen molar-refractivity contribution in [3.8, 4) is 0 Å². The van der Waals surface area contributed by atoms with E-state index in [1.807, 2.05) is 37.2 Å². The molecule has 3 N–H and O–H groups in total. The highest BCUT2D eigenvalue weighted by molar-refractivity contribution is 5.94. The first kappa shape index (κ1) is 19.9. The number of hydrogen-bond acceptors (Lipinski definition) is 3. The lowest BCUT2D eigenvalue weighted by molar-refractivity contribution is 0.0951. The van der Waals surface area contributed by atoms with Gasteiger partial charge in [-0.2, -0.15) is 0 Å². The molecule has 0 heterocycles. The summed E-state index contributed by atoms with van der Waals surface area (Å²) in [4.78, 5) is 26.4. The second-order valence-corrected chi connectivity index (χ2v) is 7.40. The molecule has 0 radical (unpaired) electrons. The maximum absolute atomic E-state index is 12.2. The molecule has 1 aliphatic rings. The molecule has 0 saturated heterocycles. The summed E-state index contributed by atoms with van der Waals surface area (Å²) in [6.45, 7) is 1.74. The number of anilines is 1. The van der Waals surface area contributed by atoms with Crippen molar-refractivity contribution in [1.82, 2.24) is 15.5 Å². The monoisotopic (exact) mass is 380 g/mol. The number of benzene rings is 2. The molecular formula is C22H28N4O2. The lowest BCUT2D eigenvalue weighted by Gasteiger charge is -2.12. The summed E-state index contributed by atoms with van der Waals surface area (Å²) in [6.07, 6.45) is 3.39. The quantitative estimate of drug-likeness (QED) is 0.692. The molecular weight excluding hydrogens is 352 g/mol. The largest absolute Gasteiger partial charge is 0.351 e. The van der Waals surface area contributed by atoms with Crippen LogP contribution in [0.15, 0.2) is 42.5 Å². The molecule has 1 aliphatic carbocycles. The van der Waals surface area contributed by atoms with Crippen LogP contribution in [-0.4, -0.2) is 44.0 Å². The van der Waals surface area contributed by atoms with E-state index < -0.39 is 0 Å². The van der Waals surface area contributed by atoms with Gasteiger partial charge in [-0.25, -0.2) is 4.79 Å². The Balaban J connectivity index is 1.50. The van der Waals surface area contributed by atoms with E-state index >= 15 is 0 Å². The highest BCUT2D eigenvalue weighted by Crippen LogP contribution is 2.24. The Morgan fingerprint density at radius 1 is 1.00 bits per heavy atom.